The lowest BCUT2D eigenvalue weighted by molar-refractivity contribution is -0.139. The van der Waals surface area contributed by atoms with Crippen molar-refractivity contribution in [1.29, 1.82) is 0 Å². The number of rotatable bonds is 3. The van der Waals surface area contributed by atoms with E-state index < -0.39 is 0 Å². The molecule has 1 heterocycles. The Balaban J connectivity index is 1.67. The molecular formula is C19H15NO3. The zero-order valence-electron chi connectivity index (χ0n) is 12.4. The molecule has 23 heavy (non-hydrogen) atoms. The Kier molecular flexibility index (Phi) is 3.23. The van der Waals surface area contributed by atoms with Crippen LogP contribution in [-0.2, 0) is 16.0 Å². The maximum absolute atomic E-state index is 11.9. The molecule has 0 saturated heterocycles. The van der Waals surface area contributed by atoms with Crippen molar-refractivity contribution in [1.82, 2.24) is 4.90 Å². The van der Waals surface area contributed by atoms with Gasteiger partial charge in [-0.05, 0) is 36.6 Å². The third kappa shape index (κ3) is 2.32. The Hall–Kier alpha value is -2.88. The second-order valence-corrected chi connectivity index (χ2v) is 5.67. The molecule has 2 aromatic rings. The van der Waals surface area contributed by atoms with Gasteiger partial charge in [-0.1, -0.05) is 30.3 Å². The lowest BCUT2D eigenvalue weighted by Crippen LogP contribution is -2.33. The molecule has 1 atom stereocenters. The van der Waals surface area contributed by atoms with Crippen LogP contribution < -0.4 is 4.74 Å². The lowest BCUT2D eigenvalue weighted by Gasteiger charge is -2.23. The smallest absolute Gasteiger partial charge is 0.254 e. The third-order valence-corrected chi connectivity index (χ3v) is 4.32. The van der Waals surface area contributed by atoms with Crippen LogP contribution in [-0.4, -0.2) is 16.7 Å². The van der Waals surface area contributed by atoms with Crippen molar-refractivity contribution < 1.29 is 14.3 Å². The van der Waals surface area contributed by atoms with Crippen LogP contribution in [0.15, 0.2) is 60.7 Å². The number of carbonyl (C=O) groups excluding carboxylic acids is 2. The average Bonchev–Trinajstić information content (AvgIpc) is 3.12. The molecule has 0 N–H and O–H groups in total. The first-order chi connectivity index (χ1) is 11.2. The van der Waals surface area contributed by atoms with Gasteiger partial charge in [0.15, 0.2) is 0 Å². The van der Waals surface area contributed by atoms with Gasteiger partial charge in [0.1, 0.15) is 11.5 Å². The van der Waals surface area contributed by atoms with Gasteiger partial charge in [-0.3, -0.25) is 14.5 Å². The Morgan fingerprint density at radius 2 is 1.65 bits per heavy atom. The molecule has 1 aliphatic carbocycles. The van der Waals surface area contributed by atoms with Crippen LogP contribution in [0.3, 0.4) is 0 Å². The highest BCUT2D eigenvalue weighted by Crippen LogP contribution is 2.42. The van der Waals surface area contributed by atoms with E-state index in [-0.39, 0.29) is 17.9 Å². The van der Waals surface area contributed by atoms with E-state index in [4.69, 9.17) is 4.74 Å². The Morgan fingerprint density at radius 3 is 2.39 bits per heavy atom. The van der Waals surface area contributed by atoms with E-state index in [9.17, 15) is 9.59 Å². The largest absolute Gasteiger partial charge is 0.457 e. The first kappa shape index (κ1) is 13.8. The quantitative estimate of drug-likeness (QED) is 0.817. The lowest BCUT2D eigenvalue weighted by atomic mass is 10.1. The topological polar surface area (TPSA) is 46.6 Å². The van der Waals surface area contributed by atoms with Gasteiger partial charge in [0, 0.05) is 17.7 Å². The molecule has 4 rings (SSSR count). The second-order valence-electron chi connectivity index (χ2n) is 5.67. The summed E-state index contributed by atoms with van der Waals surface area (Å²) >= 11 is 0. The Bertz CT molecular complexity index is 793. The standard InChI is InChI=1S/C19H15NO3/c21-18-11-12-19(22)20(18)16-10-9-15-14(16)7-4-8-17(15)23-13-5-2-1-3-6-13/h1-8,11-12,16H,9-10H2/t16-/m0/s1. The van der Waals surface area contributed by atoms with E-state index in [1.165, 1.54) is 17.1 Å². The summed E-state index contributed by atoms with van der Waals surface area (Å²) in [5.74, 6) is 1.10. The van der Waals surface area contributed by atoms with Crippen LogP contribution in [0, 0.1) is 0 Å². The number of amides is 2. The summed E-state index contributed by atoms with van der Waals surface area (Å²) in [7, 11) is 0. The molecule has 2 amide bonds. The van der Waals surface area contributed by atoms with Gasteiger partial charge >= 0.3 is 0 Å². The minimum absolute atomic E-state index is 0.195. The van der Waals surface area contributed by atoms with Crippen molar-refractivity contribution in [3.63, 3.8) is 0 Å². The molecule has 4 heteroatoms. The number of hydrogen-bond donors (Lipinski definition) is 0. The van der Waals surface area contributed by atoms with Crippen molar-refractivity contribution in [2.45, 2.75) is 18.9 Å². The summed E-state index contributed by atoms with van der Waals surface area (Å²) in [6, 6.07) is 15.2. The number of benzene rings is 2. The predicted octanol–water partition coefficient (Wildman–Crippen LogP) is 3.39. The fourth-order valence-electron chi connectivity index (χ4n) is 3.30. The third-order valence-electron chi connectivity index (χ3n) is 4.32. The molecule has 0 unspecified atom stereocenters. The fraction of sp³-hybridized carbons (Fsp3) is 0.158. The molecule has 4 nitrogen and oxygen atoms in total. The molecule has 0 aromatic heterocycles. The Labute approximate surface area is 134 Å². The minimum atomic E-state index is -0.234. The van der Waals surface area contributed by atoms with Crippen LogP contribution in [0.5, 0.6) is 11.5 Å². The number of para-hydroxylation sites is 1. The molecular weight excluding hydrogens is 290 g/mol. The van der Waals surface area contributed by atoms with Gasteiger partial charge in [-0.2, -0.15) is 0 Å². The fourth-order valence-corrected chi connectivity index (χ4v) is 3.30. The van der Waals surface area contributed by atoms with Crippen LogP contribution in [0.1, 0.15) is 23.6 Å². The van der Waals surface area contributed by atoms with Crippen molar-refractivity contribution in [3.8, 4) is 11.5 Å². The maximum Gasteiger partial charge on any atom is 0.254 e. The summed E-state index contributed by atoms with van der Waals surface area (Å²) < 4.78 is 5.98. The summed E-state index contributed by atoms with van der Waals surface area (Å²) in [4.78, 5) is 25.2. The van der Waals surface area contributed by atoms with Crippen LogP contribution in [0.25, 0.3) is 0 Å². The first-order valence-electron chi connectivity index (χ1n) is 7.64. The average molecular weight is 305 g/mol. The molecule has 1 aliphatic heterocycles. The van der Waals surface area contributed by atoms with E-state index in [0.29, 0.717) is 0 Å². The number of imide groups is 1. The molecule has 2 aromatic carbocycles. The molecule has 2 aliphatic rings. The summed E-state index contributed by atoms with van der Waals surface area (Å²) in [6.45, 7) is 0. The van der Waals surface area contributed by atoms with E-state index >= 15 is 0 Å². The number of hydrogen-bond acceptors (Lipinski definition) is 3. The van der Waals surface area contributed by atoms with Crippen molar-refractivity contribution >= 4 is 11.8 Å². The van der Waals surface area contributed by atoms with Gasteiger partial charge in [0.05, 0.1) is 6.04 Å². The Morgan fingerprint density at radius 1 is 0.913 bits per heavy atom. The maximum atomic E-state index is 11.9. The van der Waals surface area contributed by atoms with Crippen molar-refractivity contribution in [3.05, 3.63) is 71.8 Å². The number of nitrogens with zero attached hydrogens (tertiary/aromatic N) is 1. The molecule has 0 fully saturated rings. The molecule has 0 spiro atoms. The summed E-state index contributed by atoms with van der Waals surface area (Å²) in [6.07, 6.45) is 4.21. The van der Waals surface area contributed by atoms with E-state index in [2.05, 4.69) is 0 Å². The number of fused-ring (bicyclic) bond motifs is 1. The molecule has 114 valence electrons. The van der Waals surface area contributed by atoms with E-state index in [1.54, 1.807) is 0 Å². The normalized spacial score (nSPS) is 19.3. The van der Waals surface area contributed by atoms with E-state index in [0.717, 1.165) is 35.5 Å². The highest BCUT2D eigenvalue weighted by molar-refractivity contribution is 6.13. The zero-order valence-corrected chi connectivity index (χ0v) is 12.4. The minimum Gasteiger partial charge on any atom is -0.457 e. The number of carbonyl (C=O) groups is 2. The van der Waals surface area contributed by atoms with Gasteiger partial charge in [-0.25, -0.2) is 0 Å². The summed E-state index contributed by atoms with van der Waals surface area (Å²) in [5, 5.41) is 0. The van der Waals surface area contributed by atoms with Gasteiger partial charge in [0.2, 0.25) is 0 Å². The SMILES string of the molecule is O=C1C=CC(=O)N1[C@H]1CCc2c(Oc3ccccc3)cccc21. The van der Waals surface area contributed by atoms with Crippen LogP contribution >= 0.6 is 0 Å². The van der Waals surface area contributed by atoms with Crippen LogP contribution in [0.4, 0.5) is 0 Å². The second kappa shape index (κ2) is 5.39. The van der Waals surface area contributed by atoms with Gasteiger partial charge in [-0.15, -0.1) is 0 Å². The zero-order chi connectivity index (χ0) is 15.8. The predicted molar refractivity (Wildman–Crippen MR) is 85.0 cm³/mol. The summed E-state index contributed by atoms with van der Waals surface area (Å²) in [5.41, 5.74) is 2.08. The van der Waals surface area contributed by atoms with E-state index in [1.807, 2.05) is 48.5 Å². The van der Waals surface area contributed by atoms with Gasteiger partial charge < -0.3 is 4.74 Å². The highest BCUT2D eigenvalue weighted by Gasteiger charge is 2.37. The van der Waals surface area contributed by atoms with Crippen molar-refractivity contribution in [2.75, 3.05) is 0 Å². The monoisotopic (exact) mass is 305 g/mol. The first-order valence-corrected chi connectivity index (χ1v) is 7.64. The van der Waals surface area contributed by atoms with Crippen LogP contribution in [0.2, 0.25) is 0 Å². The number of ether oxygens (including phenoxy) is 1. The molecule has 0 bridgehead atoms. The molecule has 0 radical (unpaired) electrons. The molecule has 0 saturated carbocycles. The van der Waals surface area contributed by atoms with Gasteiger partial charge in [0.25, 0.3) is 11.8 Å². The highest BCUT2D eigenvalue weighted by atomic mass is 16.5. The van der Waals surface area contributed by atoms with Crippen molar-refractivity contribution in [2.24, 2.45) is 0 Å².